The summed E-state index contributed by atoms with van der Waals surface area (Å²) in [7, 11) is 0. The molecule has 0 spiro atoms. The Morgan fingerprint density at radius 3 is 2.55 bits per heavy atom. The summed E-state index contributed by atoms with van der Waals surface area (Å²) in [4.78, 5) is 0. The van der Waals surface area contributed by atoms with Crippen LogP contribution in [-0.4, -0.2) is 9.78 Å². The van der Waals surface area contributed by atoms with Crippen LogP contribution < -0.4 is 5.32 Å². The zero-order chi connectivity index (χ0) is 14.9. The van der Waals surface area contributed by atoms with E-state index in [2.05, 4.69) is 31.2 Å². The van der Waals surface area contributed by atoms with Crippen molar-refractivity contribution in [3.8, 4) is 0 Å². The van der Waals surface area contributed by atoms with Crippen molar-refractivity contribution in [1.29, 1.82) is 0 Å². The van der Waals surface area contributed by atoms with Crippen molar-refractivity contribution in [2.45, 2.75) is 40.3 Å². The van der Waals surface area contributed by atoms with Crippen LogP contribution in [-0.2, 0) is 6.54 Å². The van der Waals surface area contributed by atoms with Crippen LogP contribution in [0.25, 0.3) is 0 Å². The van der Waals surface area contributed by atoms with E-state index in [-0.39, 0.29) is 0 Å². The van der Waals surface area contributed by atoms with E-state index in [0.717, 1.165) is 22.6 Å². The number of halogens is 2. The average Bonchev–Trinajstić information content (AvgIpc) is 2.67. The highest BCUT2D eigenvalue weighted by molar-refractivity contribution is 6.42. The first-order valence-corrected chi connectivity index (χ1v) is 7.40. The molecule has 0 aliphatic heterocycles. The first-order valence-electron chi connectivity index (χ1n) is 6.64. The molecule has 0 fully saturated rings. The second kappa shape index (κ2) is 6.06. The maximum absolute atomic E-state index is 6.20. The lowest BCUT2D eigenvalue weighted by molar-refractivity contribution is 0.516. The summed E-state index contributed by atoms with van der Waals surface area (Å²) in [6.45, 7) is 8.95. The molecule has 0 aliphatic carbocycles. The molecule has 5 heteroatoms. The number of anilines is 1. The van der Waals surface area contributed by atoms with Crippen molar-refractivity contribution in [3.05, 3.63) is 45.2 Å². The van der Waals surface area contributed by atoms with Crippen LogP contribution in [0.1, 0.15) is 36.8 Å². The van der Waals surface area contributed by atoms with Crippen LogP contribution in [0.15, 0.2) is 18.2 Å². The molecule has 0 saturated heterocycles. The predicted molar refractivity (Wildman–Crippen MR) is 85.9 cm³/mol. The Kier molecular flexibility index (Phi) is 4.61. The van der Waals surface area contributed by atoms with Gasteiger partial charge in [-0.05, 0) is 39.3 Å². The molecule has 0 amide bonds. The molecule has 2 aromatic rings. The van der Waals surface area contributed by atoms with Gasteiger partial charge in [0.2, 0.25) is 0 Å². The third kappa shape index (κ3) is 2.94. The Morgan fingerprint density at radius 2 is 1.95 bits per heavy atom. The van der Waals surface area contributed by atoms with Gasteiger partial charge in [-0.2, -0.15) is 5.10 Å². The van der Waals surface area contributed by atoms with Crippen LogP contribution in [0.4, 0.5) is 5.69 Å². The van der Waals surface area contributed by atoms with Gasteiger partial charge in [0, 0.05) is 12.6 Å². The number of nitrogens with zero attached hydrogens (tertiary/aromatic N) is 2. The minimum Gasteiger partial charge on any atom is -0.378 e. The molecule has 0 bridgehead atoms. The average molecular weight is 312 g/mol. The topological polar surface area (TPSA) is 29.9 Å². The summed E-state index contributed by atoms with van der Waals surface area (Å²) in [5, 5.41) is 9.16. The Balaban J connectivity index is 2.21. The third-order valence-electron chi connectivity index (χ3n) is 3.30. The second-order valence-electron chi connectivity index (χ2n) is 5.15. The second-order valence-corrected chi connectivity index (χ2v) is 5.94. The molecule has 1 heterocycles. The molecule has 1 aromatic carbocycles. The smallest absolute Gasteiger partial charge is 0.0828 e. The van der Waals surface area contributed by atoms with Gasteiger partial charge in [-0.1, -0.05) is 35.3 Å². The van der Waals surface area contributed by atoms with E-state index in [0.29, 0.717) is 22.6 Å². The van der Waals surface area contributed by atoms with Crippen molar-refractivity contribution in [1.82, 2.24) is 9.78 Å². The van der Waals surface area contributed by atoms with E-state index in [1.165, 1.54) is 0 Å². The fourth-order valence-electron chi connectivity index (χ4n) is 2.29. The number of hydrogen-bond acceptors (Lipinski definition) is 2. The van der Waals surface area contributed by atoms with E-state index in [9.17, 15) is 0 Å². The monoisotopic (exact) mass is 311 g/mol. The first-order chi connectivity index (χ1) is 9.41. The van der Waals surface area contributed by atoms with Crippen molar-refractivity contribution in [2.75, 3.05) is 5.32 Å². The first kappa shape index (κ1) is 15.2. The molecule has 2 rings (SSSR count). The number of nitrogens with one attached hydrogen (secondary N) is 1. The molecule has 0 atom stereocenters. The highest BCUT2D eigenvalue weighted by Gasteiger charge is 2.13. The van der Waals surface area contributed by atoms with Crippen LogP contribution in [0.5, 0.6) is 0 Å². The number of hydrogen-bond donors (Lipinski definition) is 1. The van der Waals surface area contributed by atoms with E-state index >= 15 is 0 Å². The molecule has 1 aromatic heterocycles. The van der Waals surface area contributed by atoms with Crippen LogP contribution >= 0.6 is 23.2 Å². The highest BCUT2D eigenvalue weighted by Crippen LogP contribution is 2.28. The minimum atomic E-state index is 0.346. The van der Waals surface area contributed by atoms with E-state index in [1.807, 2.05) is 23.7 Å². The lowest BCUT2D eigenvalue weighted by atomic mass is 10.2. The number of rotatable bonds is 4. The molecule has 1 N–H and O–H groups in total. The minimum absolute atomic E-state index is 0.346. The lowest BCUT2D eigenvalue weighted by Gasteiger charge is -2.11. The van der Waals surface area contributed by atoms with Crippen molar-refractivity contribution in [2.24, 2.45) is 0 Å². The Bertz CT molecular complexity index is 618. The molecule has 108 valence electrons. The Morgan fingerprint density at radius 1 is 1.25 bits per heavy atom. The molecule has 0 radical (unpaired) electrons. The van der Waals surface area contributed by atoms with Gasteiger partial charge in [0.05, 0.1) is 27.1 Å². The predicted octanol–water partition coefficient (Wildman–Crippen LogP) is 5.00. The summed E-state index contributed by atoms with van der Waals surface area (Å²) in [5.41, 5.74) is 4.18. The lowest BCUT2D eigenvalue weighted by Crippen LogP contribution is -2.06. The zero-order valence-electron chi connectivity index (χ0n) is 12.2. The standard InChI is InChI=1S/C15H19Cl2N3/c1-9(2)20-11(4)15(10(3)19-20)18-8-12-6-5-7-13(16)14(12)17/h5-7,9,18H,8H2,1-4H3. The third-order valence-corrected chi connectivity index (χ3v) is 4.16. The quantitative estimate of drug-likeness (QED) is 0.861. The Hall–Kier alpha value is -1.19. The molecule has 0 aliphatic rings. The van der Waals surface area contributed by atoms with Crippen LogP contribution in [0.3, 0.4) is 0 Å². The molecule has 3 nitrogen and oxygen atoms in total. The fourth-order valence-corrected chi connectivity index (χ4v) is 2.68. The van der Waals surface area contributed by atoms with Gasteiger partial charge in [-0.25, -0.2) is 0 Å². The summed E-state index contributed by atoms with van der Waals surface area (Å²) in [6, 6.07) is 6.01. The molecular weight excluding hydrogens is 293 g/mol. The van der Waals surface area contributed by atoms with Crippen molar-refractivity contribution >= 4 is 28.9 Å². The van der Waals surface area contributed by atoms with Gasteiger partial charge >= 0.3 is 0 Å². The summed E-state index contributed by atoms with van der Waals surface area (Å²) < 4.78 is 2.03. The number of benzene rings is 1. The number of aryl methyl sites for hydroxylation is 1. The van der Waals surface area contributed by atoms with Crippen molar-refractivity contribution < 1.29 is 0 Å². The van der Waals surface area contributed by atoms with E-state index < -0.39 is 0 Å². The van der Waals surface area contributed by atoms with Crippen molar-refractivity contribution in [3.63, 3.8) is 0 Å². The SMILES string of the molecule is Cc1nn(C(C)C)c(C)c1NCc1cccc(Cl)c1Cl. The summed E-state index contributed by atoms with van der Waals surface area (Å²) >= 11 is 12.2. The van der Waals surface area contributed by atoms with Gasteiger partial charge in [-0.3, -0.25) is 4.68 Å². The van der Waals surface area contributed by atoms with Gasteiger partial charge in [0.15, 0.2) is 0 Å². The molecule has 20 heavy (non-hydrogen) atoms. The largest absolute Gasteiger partial charge is 0.378 e. The number of aromatic nitrogens is 2. The van der Waals surface area contributed by atoms with Gasteiger partial charge in [0.25, 0.3) is 0 Å². The summed E-state index contributed by atoms with van der Waals surface area (Å²) in [6.07, 6.45) is 0. The highest BCUT2D eigenvalue weighted by atomic mass is 35.5. The Labute approximate surface area is 129 Å². The van der Waals surface area contributed by atoms with E-state index in [4.69, 9.17) is 23.2 Å². The molecule has 0 saturated carbocycles. The maximum atomic E-state index is 6.20. The normalized spacial score (nSPS) is 11.2. The van der Waals surface area contributed by atoms with Gasteiger partial charge < -0.3 is 5.32 Å². The maximum Gasteiger partial charge on any atom is 0.0828 e. The van der Waals surface area contributed by atoms with Crippen LogP contribution in [0, 0.1) is 13.8 Å². The van der Waals surface area contributed by atoms with Gasteiger partial charge in [-0.15, -0.1) is 0 Å². The molecule has 0 unspecified atom stereocenters. The molecular formula is C15H19Cl2N3. The zero-order valence-corrected chi connectivity index (χ0v) is 13.7. The van der Waals surface area contributed by atoms with E-state index in [1.54, 1.807) is 6.07 Å². The summed E-state index contributed by atoms with van der Waals surface area (Å²) in [5.74, 6) is 0. The van der Waals surface area contributed by atoms with Crippen LogP contribution in [0.2, 0.25) is 10.0 Å². The fraction of sp³-hybridized carbons (Fsp3) is 0.400. The van der Waals surface area contributed by atoms with Gasteiger partial charge in [0.1, 0.15) is 0 Å².